The standard InChI is InChI=1S/C28H44O4Si/c1-27(2,3)24-18-22(19-25(26(24)29)28(4,5)6)32-20-33(8,9)23-12-10-21(11-13-23)14-15-31-17-16-30-7/h10-13,18-19,29H,14-17,20H2,1-9H3. The molecule has 184 valence electrons. The molecule has 4 nitrogen and oxygen atoms in total. The molecule has 0 spiro atoms. The highest BCUT2D eigenvalue weighted by atomic mass is 28.3. The van der Waals surface area contributed by atoms with Gasteiger partial charge in [0.25, 0.3) is 0 Å². The first-order valence-corrected chi connectivity index (χ1v) is 15.1. The molecule has 0 radical (unpaired) electrons. The van der Waals surface area contributed by atoms with E-state index in [0.29, 0.717) is 31.8 Å². The number of methoxy groups -OCH3 is 1. The Kier molecular flexibility index (Phi) is 9.20. The number of rotatable bonds is 10. The van der Waals surface area contributed by atoms with Crippen molar-refractivity contribution in [3.8, 4) is 11.5 Å². The van der Waals surface area contributed by atoms with Crippen LogP contribution < -0.4 is 9.92 Å². The van der Waals surface area contributed by atoms with Crippen LogP contribution in [0.4, 0.5) is 0 Å². The summed E-state index contributed by atoms with van der Waals surface area (Å²) in [5.74, 6) is 1.23. The van der Waals surface area contributed by atoms with Crippen LogP contribution in [0, 0.1) is 0 Å². The minimum atomic E-state index is -1.81. The molecule has 0 bridgehead atoms. The Bertz CT molecular complexity index is 855. The molecule has 5 heteroatoms. The maximum Gasteiger partial charge on any atom is 0.124 e. The summed E-state index contributed by atoms with van der Waals surface area (Å²) in [6.07, 6.45) is 1.59. The van der Waals surface area contributed by atoms with E-state index in [0.717, 1.165) is 23.3 Å². The molecule has 33 heavy (non-hydrogen) atoms. The lowest BCUT2D eigenvalue weighted by atomic mass is 9.79. The molecule has 0 aliphatic carbocycles. The van der Waals surface area contributed by atoms with Gasteiger partial charge in [-0.2, -0.15) is 0 Å². The van der Waals surface area contributed by atoms with E-state index in [-0.39, 0.29) is 10.8 Å². The summed E-state index contributed by atoms with van der Waals surface area (Å²) in [7, 11) is -0.120. The number of benzene rings is 2. The molecule has 1 N–H and O–H groups in total. The summed E-state index contributed by atoms with van der Waals surface area (Å²) < 4.78 is 17.0. The normalized spacial score (nSPS) is 12.8. The van der Waals surface area contributed by atoms with Gasteiger partial charge in [0.2, 0.25) is 0 Å². The quantitative estimate of drug-likeness (QED) is 0.354. The summed E-state index contributed by atoms with van der Waals surface area (Å²) in [4.78, 5) is 0. The van der Waals surface area contributed by atoms with Crippen molar-refractivity contribution in [3.05, 3.63) is 53.1 Å². The van der Waals surface area contributed by atoms with Crippen LogP contribution in [0.25, 0.3) is 0 Å². The van der Waals surface area contributed by atoms with Crippen LogP contribution in [0.3, 0.4) is 0 Å². The second-order valence-electron chi connectivity index (χ2n) is 11.6. The van der Waals surface area contributed by atoms with Gasteiger partial charge >= 0.3 is 0 Å². The number of hydrogen-bond acceptors (Lipinski definition) is 4. The topological polar surface area (TPSA) is 47.9 Å². The van der Waals surface area contributed by atoms with Crippen molar-refractivity contribution >= 4 is 13.3 Å². The van der Waals surface area contributed by atoms with Gasteiger partial charge in [0.1, 0.15) is 19.6 Å². The predicted molar refractivity (Wildman–Crippen MR) is 141 cm³/mol. The minimum Gasteiger partial charge on any atom is -0.507 e. The van der Waals surface area contributed by atoms with E-state index < -0.39 is 8.07 Å². The predicted octanol–water partition coefficient (Wildman–Crippen LogP) is 5.73. The average Bonchev–Trinajstić information content (AvgIpc) is 2.71. The van der Waals surface area contributed by atoms with E-state index in [9.17, 15) is 5.11 Å². The number of aromatic hydroxyl groups is 1. The molecule has 0 aromatic heterocycles. The SMILES string of the molecule is COCCOCCc1ccc([Si](C)(C)COc2cc(C(C)(C)C)c(O)c(C(C)(C)C)c2)cc1. The Morgan fingerprint density at radius 3 is 1.85 bits per heavy atom. The van der Waals surface area contributed by atoms with Gasteiger partial charge in [-0.3, -0.25) is 0 Å². The monoisotopic (exact) mass is 472 g/mol. The van der Waals surface area contributed by atoms with Gasteiger partial charge in [0, 0.05) is 18.2 Å². The van der Waals surface area contributed by atoms with Crippen LogP contribution in [-0.4, -0.2) is 46.3 Å². The summed E-state index contributed by atoms with van der Waals surface area (Å²) in [5.41, 5.74) is 2.81. The van der Waals surface area contributed by atoms with Crippen LogP contribution in [0.5, 0.6) is 11.5 Å². The van der Waals surface area contributed by atoms with Crippen molar-refractivity contribution < 1.29 is 19.3 Å². The van der Waals surface area contributed by atoms with Gasteiger partial charge in [-0.25, -0.2) is 0 Å². The van der Waals surface area contributed by atoms with Crippen LogP contribution in [0.15, 0.2) is 36.4 Å². The highest BCUT2D eigenvalue weighted by Crippen LogP contribution is 2.41. The third kappa shape index (κ3) is 7.87. The molecular formula is C28H44O4Si. The zero-order valence-corrected chi connectivity index (χ0v) is 23.2. The zero-order chi connectivity index (χ0) is 24.9. The summed E-state index contributed by atoms with van der Waals surface area (Å²) in [6, 6.07) is 12.9. The number of ether oxygens (including phenoxy) is 3. The Morgan fingerprint density at radius 2 is 1.36 bits per heavy atom. The summed E-state index contributed by atoms with van der Waals surface area (Å²) in [6.45, 7) is 19.4. The fourth-order valence-electron chi connectivity index (χ4n) is 3.74. The molecule has 2 aromatic rings. The lowest BCUT2D eigenvalue weighted by molar-refractivity contribution is 0.0722. The van der Waals surface area contributed by atoms with E-state index in [2.05, 4.69) is 78.9 Å². The molecule has 2 aromatic carbocycles. The molecule has 0 atom stereocenters. The summed E-state index contributed by atoms with van der Waals surface area (Å²) >= 11 is 0. The highest BCUT2D eigenvalue weighted by molar-refractivity contribution is 6.89. The van der Waals surface area contributed by atoms with E-state index in [1.807, 2.05) is 12.1 Å². The molecule has 0 aliphatic rings. The molecule has 0 saturated carbocycles. The first-order valence-electron chi connectivity index (χ1n) is 11.9. The van der Waals surface area contributed by atoms with Crippen molar-refractivity contribution in [2.24, 2.45) is 0 Å². The Hall–Kier alpha value is -1.82. The van der Waals surface area contributed by atoms with Crippen LogP contribution >= 0.6 is 0 Å². The van der Waals surface area contributed by atoms with Crippen LogP contribution in [0.2, 0.25) is 13.1 Å². The largest absolute Gasteiger partial charge is 0.507 e. The van der Waals surface area contributed by atoms with Crippen molar-refractivity contribution in [2.75, 3.05) is 33.2 Å². The maximum atomic E-state index is 11.0. The Labute approximate surface area is 202 Å². The van der Waals surface area contributed by atoms with Gasteiger partial charge in [0.15, 0.2) is 0 Å². The molecule has 2 rings (SSSR count). The van der Waals surface area contributed by atoms with Gasteiger partial charge in [0.05, 0.1) is 26.1 Å². The zero-order valence-electron chi connectivity index (χ0n) is 22.2. The van der Waals surface area contributed by atoms with E-state index in [1.165, 1.54) is 10.8 Å². The number of phenolic OH excluding ortho intramolecular Hbond substituents is 1. The van der Waals surface area contributed by atoms with E-state index in [4.69, 9.17) is 14.2 Å². The lowest BCUT2D eigenvalue weighted by Crippen LogP contribution is -2.47. The average molecular weight is 473 g/mol. The van der Waals surface area contributed by atoms with Gasteiger partial charge in [-0.15, -0.1) is 0 Å². The smallest absolute Gasteiger partial charge is 0.124 e. The lowest BCUT2D eigenvalue weighted by Gasteiger charge is -2.29. The Morgan fingerprint density at radius 1 is 0.818 bits per heavy atom. The fraction of sp³-hybridized carbons (Fsp3) is 0.571. The number of phenols is 1. The first kappa shape index (κ1) is 27.4. The van der Waals surface area contributed by atoms with Gasteiger partial charge in [-0.1, -0.05) is 84.1 Å². The van der Waals surface area contributed by atoms with Crippen molar-refractivity contribution in [3.63, 3.8) is 0 Å². The van der Waals surface area contributed by atoms with Gasteiger partial charge < -0.3 is 19.3 Å². The second-order valence-corrected chi connectivity index (χ2v) is 16.2. The second kappa shape index (κ2) is 11.1. The Balaban J connectivity index is 2.13. The fourth-order valence-corrected chi connectivity index (χ4v) is 5.50. The van der Waals surface area contributed by atoms with E-state index in [1.54, 1.807) is 7.11 Å². The van der Waals surface area contributed by atoms with E-state index >= 15 is 0 Å². The van der Waals surface area contributed by atoms with Crippen LogP contribution in [-0.2, 0) is 26.7 Å². The summed E-state index contributed by atoms with van der Waals surface area (Å²) in [5, 5.41) is 12.3. The third-order valence-corrected chi connectivity index (χ3v) is 8.76. The molecular weight excluding hydrogens is 428 g/mol. The van der Waals surface area contributed by atoms with Crippen LogP contribution in [0.1, 0.15) is 58.2 Å². The van der Waals surface area contributed by atoms with Gasteiger partial charge in [-0.05, 0) is 34.9 Å². The molecule has 0 amide bonds. The molecule has 0 unspecified atom stereocenters. The first-order chi connectivity index (χ1) is 15.3. The maximum absolute atomic E-state index is 11.0. The molecule has 0 fully saturated rings. The highest BCUT2D eigenvalue weighted by Gasteiger charge is 2.29. The third-order valence-electron chi connectivity index (χ3n) is 6.00. The van der Waals surface area contributed by atoms with Crippen molar-refractivity contribution in [1.29, 1.82) is 0 Å². The van der Waals surface area contributed by atoms with Crippen molar-refractivity contribution in [2.45, 2.75) is 71.9 Å². The van der Waals surface area contributed by atoms with Crippen molar-refractivity contribution in [1.82, 2.24) is 0 Å². The number of hydrogen-bond donors (Lipinski definition) is 1. The molecule has 0 aliphatic heterocycles. The minimum absolute atomic E-state index is 0.167. The molecule has 0 saturated heterocycles. The molecule has 0 heterocycles.